The zero-order chi connectivity index (χ0) is 30.5. The summed E-state index contributed by atoms with van der Waals surface area (Å²) in [6, 6.07) is 15.6. The molecule has 0 bridgehead atoms. The van der Waals surface area contributed by atoms with Gasteiger partial charge in [0.15, 0.2) is 29.6 Å². The van der Waals surface area contributed by atoms with Crippen LogP contribution in [0.15, 0.2) is 59.7 Å². The highest BCUT2D eigenvalue weighted by molar-refractivity contribution is 14.1. The maximum atomic E-state index is 12.4. The van der Waals surface area contributed by atoms with E-state index in [1.54, 1.807) is 62.8 Å². The van der Waals surface area contributed by atoms with E-state index in [2.05, 4.69) is 21.2 Å². The fourth-order valence-electron chi connectivity index (χ4n) is 3.62. The van der Waals surface area contributed by atoms with Gasteiger partial charge in [-0.1, -0.05) is 23.7 Å². The van der Waals surface area contributed by atoms with Crippen LogP contribution >= 0.6 is 34.2 Å². The van der Waals surface area contributed by atoms with E-state index < -0.39 is 11.8 Å². The van der Waals surface area contributed by atoms with Crippen LogP contribution in [-0.4, -0.2) is 57.9 Å². The number of ether oxygens (including phenoxy) is 4. The molecule has 222 valence electrons. The van der Waals surface area contributed by atoms with Gasteiger partial charge >= 0.3 is 11.8 Å². The Morgan fingerprint density at radius 3 is 2.45 bits per heavy atom. The molecule has 3 N–H and O–H groups in total. The number of nitrogens with zero attached hydrogens (tertiary/aromatic N) is 1. The van der Waals surface area contributed by atoms with Crippen molar-refractivity contribution in [3.05, 3.63) is 74.3 Å². The van der Waals surface area contributed by atoms with E-state index >= 15 is 0 Å². The van der Waals surface area contributed by atoms with E-state index in [9.17, 15) is 14.4 Å². The van der Waals surface area contributed by atoms with Crippen LogP contribution in [-0.2, 0) is 20.8 Å². The van der Waals surface area contributed by atoms with Crippen molar-refractivity contribution in [1.29, 1.82) is 0 Å². The normalized spacial score (nSPS) is 10.6. The van der Waals surface area contributed by atoms with E-state index in [-0.39, 0.29) is 19.1 Å². The molecule has 0 aliphatic heterocycles. The van der Waals surface area contributed by atoms with Crippen molar-refractivity contribution < 1.29 is 33.3 Å². The number of rotatable bonds is 13. The fraction of sp³-hybridized carbons (Fsp3) is 0.241. The van der Waals surface area contributed by atoms with Gasteiger partial charge in [-0.15, -0.1) is 0 Å². The number of hydrogen-bond donors (Lipinski definition) is 3. The third-order valence-corrected chi connectivity index (χ3v) is 6.56. The summed E-state index contributed by atoms with van der Waals surface area (Å²) in [5, 5.41) is 9.65. The molecule has 42 heavy (non-hydrogen) atoms. The highest BCUT2D eigenvalue weighted by Gasteiger charge is 2.15. The maximum Gasteiger partial charge on any atom is 0.329 e. The summed E-state index contributed by atoms with van der Waals surface area (Å²) in [4.78, 5) is 36.7. The molecule has 0 heterocycles. The van der Waals surface area contributed by atoms with Crippen LogP contribution in [0.1, 0.15) is 18.1 Å². The minimum Gasteiger partial charge on any atom is -0.493 e. The molecule has 0 aliphatic carbocycles. The van der Waals surface area contributed by atoms with Gasteiger partial charge in [0, 0.05) is 17.3 Å². The van der Waals surface area contributed by atoms with Crippen molar-refractivity contribution in [2.24, 2.45) is 5.10 Å². The summed E-state index contributed by atoms with van der Waals surface area (Å²) in [5.74, 6) is -0.152. The lowest BCUT2D eigenvalue weighted by molar-refractivity contribution is -0.139. The number of benzene rings is 3. The Hall–Kier alpha value is -4.04. The van der Waals surface area contributed by atoms with Crippen LogP contribution in [0.3, 0.4) is 0 Å². The van der Waals surface area contributed by atoms with Gasteiger partial charge in [0.25, 0.3) is 5.91 Å². The molecule has 11 nitrogen and oxygen atoms in total. The zero-order valence-corrected chi connectivity index (χ0v) is 26.1. The first-order valence-electron chi connectivity index (χ1n) is 12.7. The molecule has 0 unspecified atom stereocenters. The lowest BCUT2D eigenvalue weighted by Gasteiger charge is -2.14. The van der Waals surface area contributed by atoms with Crippen molar-refractivity contribution in [1.82, 2.24) is 10.7 Å². The molecule has 0 fully saturated rings. The average molecular weight is 709 g/mol. The predicted molar refractivity (Wildman–Crippen MR) is 168 cm³/mol. The second-order valence-electron chi connectivity index (χ2n) is 8.50. The molecule has 13 heteroatoms. The largest absolute Gasteiger partial charge is 0.493 e. The quantitative estimate of drug-likeness (QED) is 0.105. The van der Waals surface area contributed by atoms with Crippen LogP contribution in [0.4, 0.5) is 5.69 Å². The van der Waals surface area contributed by atoms with Gasteiger partial charge in [0.1, 0.15) is 0 Å². The lowest BCUT2D eigenvalue weighted by Crippen LogP contribution is -2.38. The number of carbonyl (C=O) groups is 3. The van der Waals surface area contributed by atoms with Gasteiger partial charge in [-0.2, -0.15) is 5.10 Å². The zero-order valence-electron chi connectivity index (χ0n) is 23.2. The first-order chi connectivity index (χ1) is 20.2. The van der Waals surface area contributed by atoms with E-state index in [4.69, 9.17) is 30.5 Å². The summed E-state index contributed by atoms with van der Waals surface area (Å²) in [6.07, 6.45) is 1.85. The number of anilines is 1. The third-order valence-electron chi connectivity index (χ3n) is 5.52. The molecular weight excluding hydrogens is 679 g/mol. The Labute approximate surface area is 262 Å². The van der Waals surface area contributed by atoms with Gasteiger partial charge in [-0.05, 0) is 89.5 Å². The van der Waals surface area contributed by atoms with Crippen molar-refractivity contribution >= 4 is 63.8 Å². The minimum absolute atomic E-state index is 0.236. The highest BCUT2D eigenvalue weighted by atomic mass is 127. The summed E-state index contributed by atoms with van der Waals surface area (Å²) >= 11 is 8.01. The molecular formula is C29H30ClIN4O7. The van der Waals surface area contributed by atoms with Gasteiger partial charge in [0.05, 0.1) is 30.6 Å². The van der Waals surface area contributed by atoms with Crippen LogP contribution < -0.4 is 35.0 Å². The summed E-state index contributed by atoms with van der Waals surface area (Å²) in [7, 11) is 3.09. The van der Waals surface area contributed by atoms with Crippen LogP contribution in [0.2, 0.25) is 5.02 Å². The smallest absolute Gasteiger partial charge is 0.329 e. The van der Waals surface area contributed by atoms with Crippen molar-refractivity contribution in [2.45, 2.75) is 13.3 Å². The Balaban J connectivity index is 1.53. The van der Waals surface area contributed by atoms with E-state index in [1.165, 1.54) is 6.21 Å². The van der Waals surface area contributed by atoms with Crippen molar-refractivity contribution in [2.75, 3.05) is 39.3 Å². The molecule has 3 amide bonds. The number of amides is 3. The molecule has 0 radical (unpaired) electrons. The molecule has 0 aliphatic rings. The van der Waals surface area contributed by atoms with Gasteiger partial charge < -0.3 is 29.6 Å². The van der Waals surface area contributed by atoms with Crippen molar-refractivity contribution in [3.8, 4) is 23.0 Å². The second kappa shape index (κ2) is 16.4. The fourth-order valence-corrected chi connectivity index (χ4v) is 4.59. The number of nitrogens with one attached hydrogen (secondary N) is 3. The molecule has 0 saturated carbocycles. The van der Waals surface area contributed by atoms with Crippen LogP contribution in [0.25, 0.3) is 0 Å². The molecule has 3 aromatic carbocycles. The molecule has 0 aromatic heterocycles. The summed E-state index contributed by atoms with van der Waals surface area (Å²) in [5.41, 5.74) is 4.24. The molecule has 3 rings (SSSR count). The Morgan fingerprint density at radius 1 is 0.952 bits per heavy atom. The molecule has 0 atom stereocenters. The van der Waals surface area contributed by atoms with Gasteiger partial charge in [0.2, 0.25) is 0 Å². The Bertz CT molecular complexity index is 1450. The maximum absolute atomic E-state index is 12.4. The minimum atomic E-state index is -0.913. The van der Waals surface area contributed by atoms with E-state index in [0.29, 0.717) is 55.9 Å². The number of hydrogen-bond acceptors (Lipinski definition) is 8. The van der Waals surface area contributed by atoms with Crippen LogP contribution in [0.5, 0.6) is 23.0 Å². The Kier molecular flexibility index (Phi) is 12.7. The molecule has 3 aromatic rings. The summed E-state index contributed by atoms with van der Waals surface area (Å²) in [6.45, 7) is 2.14. The number of halogens is 2. The standard InChI is InChI=1S/C29H30ClIN4O7/c1-4-41-25-14-19(12-22(31)27(25)42-17-26(36)34-21-7-5-6-20(30)15-21)16-33-35-29(38)28(37)32-11-10-18-8-9-23(39-2)24(13-18)40-3/h5-9,12-16H,4,10-11,17H2,1-3H3,(H,32,37)(H,34,36)(H,35,38)/b33-16-. The summed E-state index contributed by atoms with van der Waals surface area (Å²) < 4.78 is 22.6. The van der Waals surface area contributed by atoms with Gasteiger partial charge in [-0.3, -0.25) is 14.4 Å². The topological polar surface area (TPSA) is 137 Å². The first kappa shape index (κ1) is 32.5. The molecule has 0 spiro atoms. The number of hydrazone groups is 1. The SMILES string of the molecule is CCOc1cc(/C=N\NC(=O)C(=O)NCCc2ccc(OC)c(OC)c2)cc(I)c1OCC(=O)Nc1cccc(Cl)c1. The first-order valence-corrected chi connectivity index (χ1v) is 14.2. The van der Waals surface area contributed by atoms with Crippen LogP contribution in [0, 0.1) is 3.57 Å². The number of methoxy groups -OCH3 is 2. The predicted octanol–water partition coefficient (Wildman–Crippen LogP) is 4.19. The lowest BCUT2D eigenvalue weighted by atomic mass is 10.1. The third kappa shape index (κ3) is 9.80. The van der Waals surface area contributed by atoms with E-state index in [1.807, 2.05) is 35.6 Å². The monoisotopic (exact) mass is 708 g/mol. The average Bonchev–Trinajstić information content (AvgIpc) is 2.96. The molecule has 0 saturated heterocycles. The second-order valence-corrected chi connectivity index (χ2v) is 10.1. The van der Waals surface area contributed by atoms with Gasteiger partial charge in [-0.25, -0.2) is 5.43 Å². The Morgan fingerprint density at radius 2 is 1.74 bits per heavy atom. The van der Waals surface area contributed by atoms with E-state index in [0.717, 1.165) is 5.56 Å². The van der Waals surface area contributed by atoms with Crippen molar-refractivity contribution in [3.63, 3.8) is 0 Å². The highest BCUT2D eigenvalue weighted by Crippen LogP contribution is 2.34. The number of carbonyl (C=O) groups excluding carboxylic acids is 3.